The Morgan fingerprint density at radius 2 is 1.33 bits per heavy atom. The lowest BCUT2D eigenvalue weighted by atomic mass is 10.1. The largest absolute Gasteiger partial charge is 0.460 e. The van der Waals surface area contributed by atoms with Gasteiger partial charge in [-0.1, -0.05) is 0 Å². The summed E-state index contributed by atoms with van der Waals surface area (Å²) >= 11 is 0. The third-order valence-electron chi connectivity index (χ3n) is 1.26. The molecule has 1 nitrogen and oxygen atoms in total. The Morgan fingerprint density at radius 3 is 1.60 bits per heavy atom. The fourth-order valence-electron chi connectivity index (χ4n) is 0.492. The smallest absolute Gasteiger partial charge is 0.298 e. The Morgan fingerprint density at radius 1 is 0.933 bits per heavy atom. The Kier molecular flexibility index (Phi) is 3.49. The number of allylic oxidation sites excluding steroid dienone is 2. The van der Waals surface area contributed by atoms with E-state index in [4.69, 9.17) is 0 Å². The first kappa shape index (κ1) is 13.8. The average Bonchev–Trinajstić information content (AvgIpc) is 2.02. The summed E-state index contributed by atoms with van der Waals surface area (Å²) < 4.78 is 94.8. The molecule has 0 unspecified atom stereocenters. The van der Waals surface area contributed by atoms with Gasteiger partial charge in [0.25, 0.3) is 0 Å². The van der Waals surface area contributed by atoms with Crippen LogP contribution >= 0.6 is 0 Å². The van der Waals surface area contributed by atoms with E-state index >= 15 is 0 Å². The predicted octanol–water partition coefficient (Wildman–Crippen LogP) is 2.87. The highest BCUT2D eigenvalue weighted by Gasteiger charge is 2.74. The van der Waals surface area contributed by atoms with E-state index in [-0.39, 0.29) is 0 Å². The van der Waals surface area contributed by atoms with Gasteiger partial charge in [0.1, 0.15) is 6.29 Å². The third-order valence-corrected chi connectivity index (χ3v) is 1.26. The zero-order valence-corrected chi connectivity index (χ0v) is 6.59. The van der Waals surface area contributed by atoms with Crippen molar-refractivity contribution in [3.8, 4) is 0 Å². The van der Waals surface area contributed by atoms with Crippen LogP contribution in [0.4, 0.5) is 35.1 Å². The van der Waals surface area contributed by atoms with Gasteiger partial charge in [-0.2, -0.15) is 30.7 Å². The van der Waals surface area contributed by atoms with Crippen molar-refractivity contribution >= 4 is 6.29 Å². The number of aldehydes is 1. The highest BCUT2D eigenvalue weighted by Crippen LogP contribution is 2.49. The monoisotopic (exact) mass is 242 g/mol. The molecule has 0 atom stereocenters. The maximum Gasteiger partial charge on any atom is 0.460 e. The summed E-state index contributed by atoms with van der Waals surface area (Å²) in [5.41, 5.74) is 0. The summed E-state index contributed by atoms with van der Waals surface area (Å²) in [7, 11) is 0. The van der Waals surface area contributed by atoms with Crippen molar-refractivity contribution in [2.45, 2.75) is 18.0 Å². The van der Waals surface area contributed by atoms with E-state index in [2.05, 4.69) is 0 Å². The lowest BCUT2D eigenvalue weighted by Crippen LogP contribution is -2.52. The lowest BCUT2D eigenvalue weighted by Gasteiger charge is -2.26. The second kappa shape index (κ2) is 3.78. The van der Waals surface area contributed by atoms with E-state index in [0.29, 0.717) is 0 Å². The highest BCUT2D eigenvalue weighted by atomic mass is 19.4. The van der Waals surface area contributed by atoms with Crippen molar-refractivity contribution in [3.63, 3.8) is 0 Å². The number of halogens is 8. The zero-order chi connectivity index (χ0) is 12.5. The van der Waals surface area contributed by atoms with Crippen molar-refractivity contribution in [3.05, 3.63) is 11.9 Å². The summed E-state index contributed by atoms with van der Waals surface area (Å²) in [6.45, 7) is 0. The summed E-state index contributed by atoms with van der Waals surface area (Å²) in [5, 5.41) is 0. The molecule has 88 valence electrons. The Balaban J connectivity index is 5.37. The predicted molar refractivity (Wildman–Crippen MR) is 31.2 cm³/mol. The molecule has 0 aliphatic heterocycles. The molecule has 0 bridgehead atoms. The highest BCUT2D eigenvalue weighted by molar-refractivity contribution is 5.66. The van der Waals surface area contributed by atoms with Gasteiger partial charge in [0.15, 0.2) is 5.83 Å². The van der Waals surface area contributed by atoms with E-state index in [1.165, 1.54) is 0 Å². The van der Waals surface area contributed by atoms with E-state index in [1.807, 2.05) is 0 Å². The van der Waals surface area contributed by atoms with E-state index < -0.39 is 36.2 Å². The number of hydrogen-bond donors (Lipinski definition) is 0. The molecule has 15 heavy (non-hydrogen) atoms. The maximum absolute atomic E-state index is 12.2. The molecule has 0 N–H and O–H groups in total. The van der Waals surface area contributed by atoms with Gasteiger partial charge in [-0.25, -0.2) is 4.39 Å². The molecule has 0 heterocycles. The van der Waals surface area contributed by atoms with Crippen LogP contribution in [-0.2, 0) is 4.79 Å². The van der Waals surface area contributed by atoms with Gasteiger partial charge < -0.3 is 0 Å². The van der Waals surface area contributed by atoms with Gasteiger partial charge in [0, 0.05) is 6.08 Å². The molecule has 0 aliphatic carbocycles. The minimum absolute atomic E-state index is 0.671. The maximum atomic E-state index is 12.2. The second-order valence-electron chi connectivity index (χ2n) is 2.30. The molecule has 0 rings (SSSR count). The van der Waals surface area contributed by atoms with Crippen LogP contribution in [-0.4, -0.2) is 24.3 Å². The van der Waals surface area contributed by atoms with Gasteiger partial charge in [-0.15, -0.1) is 0 Å². The van der Waals surface area contributed by atoms with Gasteiger partial charge >= 0.3 is 18.0 Å². The van der Waals surface area contributed by atoms with Crippen molar-refractivity contribution in [2.75, 3.05) is 0 Å². The normalized spacial score (nSPS) is 15.3. The van der Waals surface area contributed by atoms with Crippen LogP contribution in [0.5, 0.6) is 0 Å². The Labute approximate surface area is 77.4 Å². The molecule has 0 aromatic heterocycles. The molecule has 0 fully saturated rings. The number of hydrogen-bond acceptors (Lipinski definition) is 1. The minimum Gasteiger partial charge on any atom is -0.298 e. The van der Waals surface area contributed by atoms with E-state index in [9.17, 15) is 39.9 Å². The number of alkyl halides is 7. The van der Waals surface area contributed by atoms with Crippen LogP contribution in [0, 0.1) is 0 Å². The molecule has 0 aromatic carbocycles. The molecule has 9 heteroatoms. The molecule has 0 saturated carbocycles. The Bertz CT molecular complexity index is 275. The topological polar surface area (TPSA) is 17.1 Å². The zero-order valence-electron chi connectivity index (χ0n) is 6.59. The van der Waals surface area contributed by atoms with E-state index in [0.717, 1.165) is 0 Å². The van der Waals surface area contributed by atoms with Crippen LogP contribution in [0.3, 0.4) is 0 Å². The summed E-state index contributed by atoms with van der Waals surface area (Å²) in [5.74, 6) is -15.8. The van der Waals surface area contributed by atoms with Crippen LogP contribution in [0.1, 0.15) is 0 Å². The number of carbonyl (C=O) groups excluding carboxylic acids is 1. The van der Waals surface area contributed by atoms with Crippen LogP contribution in [0.25, 0.3) is 0 Å². The van der Waals surface area contributed by atoms with Gasteiger partial charge in [0.05, 0.1) is 0 Å². The van der Waals surface area contributed by atoms with Gasteiger partial charge in [0.2, 0.25) is 0 Å². The summed E-state index contributed by atoms with van der Waals surface area (Å²) in [6.07, 6.45) is -8.00. The summed E-state index contributed by atoms with van der Waals surface area (Å²) in [4.78, 5) is 9.46. The second-order valence-corrected chi connectivity index (χ2v) is 2.30. The molecule has 0 saturated heterocycles. The number of rotatable bonds is 3. The number of carbonyl (C=O) groups is 1. The first-order valence-electron chi connectivity index (χ1n) is 3.12. The lowest BCUT2D eigenvalue weighted by molar-refractivity contribution is -0.347. The minimum atomic E-state index is -6.62. The molecule has 0 radical (unpaired) electrons. The molecular formula is C6H2F8O. The van der Waals surface area contributed by atoms with Crippen molar-refractivity contribution in [1.29, 1.82) is 0 Å². The van der Waals surface area contributed by atoms with Gasteiger partial charge in [-0.05, 0) is 0 Å². The van der Waals surface area contributed by atoms with Crippen molar-refractivity contribution < 1.29 is 39.9 Å². The molecule has 0 amide bonds. The van der Waals surface area contributed by atoms with Crippen LogP contribution in [0.15, 0.2) is 11.9 Å². The third kappa shape index (κ3) is 2.26. The first-order valence-corrected chi connectivity index (χ1v) is 3.12. The van der Waals surface area contributed by atoms with Crippen LogP contribution < -0.4 is 0 Å². The Hall–Kier alpha value is -1.15. The van der Waals surface area contributed by atoms with Crippen molar-refractivity contribution in [2.24, 2.45) is 0 Å². The molecule has 0 aliphatic rings. The summed E-state index contributed by atoms with van der Waals surface area (Å²) in [6, 6.07) is 0. The van der Waals surface area contributed by atoms with Gasteiger partial charge in [-0.3, -0.25) is 4.79 Å². The average molecular weight is 242 g/mol. The standard InChI is InChI=1S/C6H2F8O/c7-3(1-2-15)4(8,9)5(10,11)6(12,13)14/h1-2H/b3-1-. The molecule has 0 aromatic rings. The molecule has 0 spiro atoms. The van der Waals surface area contributed by atoms with E-state index in [1.54, 1.807) is 0 Å². The quantitative estimate of drug-likeness (QED) is 0.422. The molecular weight excluding hydrogens is 240 g/mol. The van der Waals surface area contributed by atoms with Crippen LogP contribution in [0.2, 0.25) is 0 Å². The fraction of sp³-hybridized carbons (Fsp3) is 0.500. The fourth-order valence-corrected chi connectivity index (χ4v) is 0.492. The first-order chi connectivity index (χ1) is 6.48. The SMILES string of the molecule is O=C/C=C(\F)C(F)(F)C(F)(F)C(F)(F)F. The van der Waals surface area contributed by atoms with Crippen molar-refractivity contribution in [1.82, 2.24) is 0 Å².